The Morgan fingerprint density at radius 3 is 1.44 bits per heavy atom. The molecular formula is C6H8BaO2. The molecule has 1 aromatic carbocycles. The number of hydrogen-bond donors (Lipinski definition) is 2. The van der Waals surface area contributed by atoms with Crippen LogP contribution in [0.4, 0.5) is 0 Å². The fourth-order valence-electron chi connectivity index (χ4n) is 0.464. The molecule has 0 aliphatic carbocycles. The van der Waals surface area contributed by atoms with Crippen LogP contribution in [0.5, 0.6) is 11.5 Å². The van der Waals surface area contributed by atoms with E-state index in [2.05, 4.69) is 0 Å². The standard InChI is InChI=1S/C6H6O2.Ba.2H/c7-5-3-1-2-4-6(5)8;;;/h1-4,7-8H;;;. The second-order valence-electron chi connectivity index (χ2n) is 1.49. The van der Waals surface area contributed by atoms with E-state index in [1.807, 2.05) is 0 Å². The zero-order valence-electron chi connectivity index (χ0n) is 4.20. The second-order valence-corrected chi connectivity index (χ2v) is 1.49. The minimum absolute atomic E-state index is 0. The Hall–Kier alpha value is 0.391. The van der Waals surface area contributed by atoms with Crippen molar-refractivity contribution in [2.24, 2.45) is 0 Å². The summed E-state index contributed by atoms with van der Waals surface area (Å²) in [7, 11) is 0. The molecule has 0 saturated carbocycles. The second kappa shape index (κ2) is 4.25. The molecule has 1 aromatic rings. The molecule has 1 rings (SSSR count). The summed E-state index contributed by atoms with van der Waals surface area (Å²) in [5, 5.41) is 17.3. The summed E-state index contributed by atoms with van der Waals surface area (Å²) in [6, 6.07) is 6.15. The van der Waals surface area contributed by atoms with Crippen molar-refractivity contribution in [1.82, 2.24) is 0 Å². The van der Waals surface area contributed by atoms with Crippen LogP contribution in [-0.2, 0) is 0 Å². The Morgan fingerprint density at radius 2 is 1.22 bits per heavy atom. The van der Waals surface area contributed by atoms with Gasteiger partial charge in [-0.2, -0.15) is 0 Å². The molecule has 0 amide bonds. The third-order valence-electron chi connectivity index (χ3n) is 0.882. The number of rotatable bonds is 0. The van der Waals surface area contributed by atoms with E-state index < -0.39 is 0 Å². The maximum atomic E-state index is 8.67. The van der Waals surface area contributed by atoms with Gasteiger partial charge in [-0.3, -0.25) is 0 Å². The molecule has 0 unspecified atom stereocenters. The van der Waals surface area contributed by atoms with Gasteiger partial charge >= 0.3 is 48.9 Å². The molecule has 9 heavy (non-hydrogen) atoms. The first-order valence-corrected chi connectivity index (χ1v) is 2.27. The van der Waals surface area contributed by atoms with Gasteiger partial charge in [0, 0.05) is 0 Å². The number of hydrogen-bond acceptors (Lipinski definition) is 2. The van der Waals surface area contributed by atoms with Crippen molar-refractivity contribution in [3.05, 3.63) is 24.3 Å². The summed E-state index contributed by atoms with van der Waals surface area (Å²) in [4.78, 5) is 0. The van der Waals surface area contributed by atoms with Crippen molar-refractivity contribution in [2.75, 3.05) is 0 Å². The normalized spacial score (nSPS) is 8.00. The summed E-state index contributed by atoms with van der Waals surface area (Å²) in [5.74, 6) is -0.153. The van der Waals surface area contributed by atoms with E-state index >= 15 is 0 Å². The molecule has 0 heterocycles. The van der Waals surface area contributed by atoms with Crippen molar-refractivity contribution in [2.45, 2.75) is 0 Å². The van der Waals surface area contributed by atoms with Crippen LogP contribution in [0.15, 0.2) is 24.3 Å². The van der Waals surface area contributed by atoms with Gasteiger partial charge < -0.3 is 10.2 Å². The number of benzene rings is 1. The predicted octanol–water partition coefficient (Wildman–Crippen LogP) is 0.182. The molecule has 0 aromatic heterocycles. The van der Waals surface area contributed by atoms with Crippen molar-refractivity contribution in [3.8, 4) is 11.5 Å². The van der Waals surface area contributed by atoms with Gasteiger partial charge in [0.2, 0.25) is 0 Å². The molecule has 46 valence electrons. The van der Waals surface area contributed by atoms with Crippen LogP contribution < -0.4 is 0 Å². The zero-order chi connectivity index (χ0) is 5.98. The first kappa shape index (κ1) is 9.39. The third kappa shape index (κ3) is 2.64. The van der Waals surface area contributed by atoms with E-state index in [0.717, 1.165) is 0 Å². The van der Waals surface area contributed by atoms with Crippen molar-refractivity contribution in [3.63, 3.8) is 0 Å². The van der Waals surface area contributed by atoms with Crippen LogP contribution in [0, 0.1) is 0 Å². The summed E-state index contributed by atoms with van der Waals surface area (Å²) in [6.45, 7) is 0. The predicted molar refractivity (Wildman–Crippen MR) is 38.3 cm³/mol. The molecule has 0 fully saturated rings. The van der Waals surface area contributed by atoms with Crippen molar-refractivity contribution >= 4 is 48.9 Å². The third-order valence-corrected chi connectivity index (χ3v) is 0.882. The number of phenolic OH excluding ortho intramolecular Hbond substituents is 2. The van der Waals surface area contributed by atoms with E-state index in [0.29, 0.717) is 0 Å². The molecule has 0 saturated heterocycles. The summed E-state index contributed by atoms with van der Waals surface area (Å²) in [6.07, 6.45) is 0. The fourth-order valence-corrected chi connectivity index (χ4v) is 0.464. The van der Waals surface area contributed by atoms with E-state index in [9.17, 15) is 0 Å². The Bertz CT molecular complexity index is 167. The van der Waals surface area contributed by atoms with Gasteiger partial charge in [-0.25, -0.2) is 0 Å². The van der Waals surface area contributed by atoms with Gasteiger partial charge in [0.05, 0.1) is 0 Å². The Labute approximate surface area is 93.6 Å². The average molecular weight is 249 g/mol. The van der Waals surface area contributed by atoms with E-state index in [1.54, 1.807) is 12.1 Å². The molecule has 2 nitrogen and oxygen atoms in total. The monoisotopic (exact) mass is 250 g/mol. The van der Waals surface area contributed by atoms with Crippen molar-refractivity contribution < 1.29 is 10.2 Å². The first-order chi connectivity index (χ1) is 3.80. The van der Waals surface area contributed by atoms with E-state index in [4.69, 9.17) is 10.2 Å². The van der Waals surface area contributed by atoms with Crippen LogP contribution in [0.1, 0.15) is 0 Å². The molecule has 2 N–H and O–H groups in total. The Kier molecular flexibility index (Phi) is 4.43. The topological polar surface area (TPSA) is 40.5 Å². The molecule has 0 atom stereocenters. The summed E-state index contributed by atoms with van der Waals surface area (Å²) >= 11 is 0. The quantitative estimate of drug-likeness (QED) is 0.509. The zero-order valence-corrected chi connectivity index (χ0v) is 4.20. The Balaban J connectivity index is 0.000000640. The van der Waals surface area contributed by atoms with Crippen LogP contribution in [0.3, 0.4) is 0 Å². The first-order valence-electron chi connectivity index (χ1n) is 2.27. The van der Waals surface area contributed by atoms with E-state index in [-0.39, 0.29) is 60.4 Å². The SMILES string of the molecule is Oc1ccccc1O.[BaH2]. The van der Waals surface area contributed by atoms with Crippen LogP contribution in [0.25, 0.3) is 0 Å². The van der Waals surface area contributed by atoms with Crippen LogP contribution in [0.2, 0.25) is 0 Å². The van der Waals surface area contributed by atoms with Gasteiger partial charge in [-0.15, -0.1) is 0 Å². The molecule has 0 aliphatic heterocycles. The minimum atomic E-state index is -0.0764. The van der Waals surface area contributed by atoms with Crippen LogP contribution in [-0.4, -0.2) is 59.1 Å². The molecule has 0 spiro atoms. The van der Waals surface area contributed by atoms with Gasteiger partial charge in [0.1, 0.15) is 0 Å². The summed E-state index contributed by atoms with van der Waals surface area (Å²) in [5.41, 5.74) is 0. The van der Waals surface area contributed by atoms with E-state index in [1.165, 1.54) is 12.1 Å². The molecule has 3 heteroatoms. The average Bonchev–Trinajstić information content (AvgIpc) is 1.77. The van der Waals surface area contributed by atoms with Crippen LogP contribution >= 0.6 is 0 Å². The maximum absolute atomic E-state index is 8.67. The van der Waals surface area contributed by atoms with Gasteiger partial charge in [-0.1, -0.05) is 12.1 Å². The number of para-hydroxylation sites is 2. The summed E-state index contributed by atoms with van der Waals surface area (Å²) < 4.78 is 0. The van der Waals surface area contributed by atoms with Gasteiger partial charge in [-0.05, 0) is 12.1 Å². The number of aromatic hydroxyl groups is 2. The van der Waals surface area contributed by atoms with Gasteiger partial charge in [0.15, 0.2) is 11.5 Å². The van der Waals surface area contributed by atoms with Gasteiger partial charge in [0.25, 0.3) is 0 Å². The van der Waals surface area contributed by atoms with Crippen molar-refractivity contribution in [1.29, 1.82) is 0 Å². The number of phenols is 2. The molecular weight excluding hydrogens is 241 g/mol. The Morgan fingerprint density at radius 1 is 0.889 bits per heavy atom. The molecule has 0 aliphatic rings. The molecule has 0 radical (unpaired) electrons. The molecule has 0 bridgehead atoms. The fraction of sp³-hybridized carbons (Fsp3) is 0.